The van der Waals surface area contributed by atoms with E-state index in [-0.39, 0.29) is 23.0 Å². The van der Waals surface area contributed by atoms with Gasteiger partial charge < -0.3 is 0 Å². The van der Waals surface area contributed by atoms with Crippen molar-refractivity contribution in [2.75, 3.05) is 13.1 Å². The number of nitrogens with zero attached hydrogens (tertiary/aromatic N) is 1. The summed E-state index contributed by atoms with van der Waals surface area (Å²) in [4.78, 5) is 0.102. The number of hydrogen-bond acceptors (Lipinski definition) is 2. The minimum atomic E-state index is -3.60. The lowest BCUT2D eigenvalue weighted by molar-refractivity contribution is 0.474. The second-order valence-electron chi connectivity index (χ2n) is 3.33. The van der Waals surface area contributed by atoms with E-state index in [4.69, 9.17) is 11.6 Å². The Balaban J connectivity index is 3.20. The maximum Gasteiger partial charge on any atom is 0.245 e. The maximum atomic E-state index is 12.3. The first-order chi connectivity index (χ1) is 8.04. The van der Waals surface area contributed by atoms with Crippen LogP contribution in [0, 0.1) is 0 Å². The van der Waals surface area contributed by atoms with Crippen molar-refractivity contribution in [2.45, 2.75) is 4.90 Å². The van der Waals surface area contributed by atoms with Crippen LogP contribution < -0.4 is 0 Å². The van der Waals surface area contributed by atoms with Crippen LogP contribution in [0.2, 0.25) is 5.02 Å². The van der Waals surface area contributed by atoms with E-state index in [9.17, 15) is 8.42 Å². The van der Waals surface area contributed by atoms with Gasteiger partial charge in [0.05, 0.1) is 5.02 Å². The Labute approximate surface area is 107 Å². The van der Waals surface area contributed by atoms with E-state index in [0.717, 1.165) is 0 Å². The van der Waals surface area contributed by atoms with Crippen molar-refractivity contribution in [1.82, 2.24) is 4.31 Å². The molecule has 92 valence electrons. The predicted molar refractivity (Wildman–Crippen MR) is 70.6 cm³/mol. The Kier molecular flexibility index (Phi) is 4.93. The number of hydrogen-bond donors (Lipinski definition) is 0. The monoisotopic (exact) mass is 271 g/mol. The Hall–Kier alpha value is -1.10. The third-order valence-electron chi connectivity index (χ3n) is 2.12. The molecule has 17 heavy (non-hydrogen) atoms. The summed E-state index contributed by atoms with van der Waals surface area (Å²) < 4.78 is 25.8. The van der Waals surface area contributed by atoms with Gasteiger partial charge in [0.15, 0.2) is 0 Å². The molecule has 0 amide bonds. The molecule has 1 aromatic carbocycles. The quantitative estimate of drug-likeness (QED) is 0.746. The van der Waals surface area contributed by atoms with Crippen LogP contribution in [0.4, 0.5) is 0 Å². The van der Waals surface area contributed by atoms with Crippen molar-refractivity contribution in [3.8, 4) is 0 Å². The van der Waals surface area contributed by atoms with Gasteiger partial charge in [0.2, 0.25) is 10.0 Å². The maximum absolute atomic E-state index is 12.3. The molecule has 1 aromatic rings. The van der Waals surface area contributed by atoms with E-state index in [1.807, 2.05) is 0 Å². The van der Waals surface area contributed by atoms with E-state index in [1.54, 1.807) is 18.2 Å². The molecule has 5 heteroatoms. The largest absolute Gasteiger partial charge is 0.245 e. The van der Waals surface area contributed by atoms with Gasteiger partial charge >= 0.3 is 0 Å². The van der Waals surface area contributed by atoms with E-state index in [2.05, 4.69) is 13.2 Å². The first-order valence-electron chi connectivity index (χ1n) is 5.00. The van der Waals surface area contributed by atoms with Crippen molar-refractivity contribution in [2.24, 2.45) is 0 Å². The Bertz CT molecular complexity index is 501. The highest BCUT2D eigenvalue weighted by molar-refractivity contribution is 7.89. The molecular formula is C12H14ClNO2S. The first-order valence-corrected chi connectivity index (χ1v) is 6.82. The van der Waals surface area contributed by atoms with Gasteiger partial charge in [-0.1, -0.05) is 35.9 Å². The van der Waals surface area contributed by atoms with Crippen molar-refractivity contribution in [3.05, 3.63) is 54.6 Å². The average Bonchev–Trinajstić information content (AvgIpc) is 2.29. The summed E-state index contributed by atoms with van der Waals surface area (Å²) in [6, 6.07) is 6.36. The third kappa shape index (κ3) is 3.19. The summed E-state index contributed by atoms with van der Waals surface area (Å²) in [6.45, 7) is 7.52. The molecule has 0 N–H and O–H groups in total. The van der Waals surface area contributed by atoms with Crippen LogP contribution in [0.25, 0.3) is 0 Å². The number of rotatable bonds is 6. The first kappa shape index (κ1) is 14.0. The normalized spacial score (nSPS) is 11.4. The molecule has 0 aliphatic carbocycles. The molecule has 0 radical (unpaired) electrons. The molecule has 0 spiro atoms. The zero-order valence-corrected chi connectivity index (χ0v) is 10.9. The van der Waals surface area contributed by atoms with Crippen LogP contribution in [0.1, 0.15) is 0 Å². The van der Waals surface area contributed by atoms with Gasteiger partial charge in [-0.25, -0.2) is 8.42 Å². The second kappa shape index (κ2) is 6.00. The highest BCUT2D eigenvalue weighted by Gasteiger charge is 2.24. The van der Waals surface area contributed by atoms with Gasteiger partial charge in [-0.2, -0.15) is 4.31 Å². The number of sulfonamides is 1. The van der Waals surface area contributed by atoms with Crippen LogP contribution in [-0.2, 0) is 10.0 Å². The van der Waals surface area contributed by atoms with Crippen LogP contribution in [0.3, 0.4) is 0 Å². The molecule has 0 heterocycles. The fraction of sp³-hybridized carbons (Fsp3) is 0.167. The summed E-state index contributed by atoms with van der Waals surface area (Å²) in [6.07, 6.45) is 3.05. The smallest absolute Gasteiger partial charge is 0.207 e. The molecular weight excluding hydrogens is 258 g/mol. The van der Waals surface area contributed by atoms with Crippen molar-refractivity contribution in [3.63, 3.8) is 0 Å². The van der Waals surface area contributed by atoms with Crippen LogP contribution >= 0.6 is 11.6 Å². The molecule has 0 atom stereocenters. The van der Waals surface area contributed by atoms with E-state index < -0.39 is 10.0 Å². The van der Waals surface area contributed by atoms with Crippen molar-refractivity contribution < 1.29 is 8.42 Å². The van der Waals surface area contributed by atoms with Gasteiger partial charge in [-0.05, 0) is 12.1 Å². The number of benzene rings is 1. The van der Waals surface area contributed by atoms with Gasteiger partial charge in [0.1, 0.15) is 4.90 Å². The van der Waals surface area contributed by atoms with Crippen LogP contribution in [0.15, 0.2) is 54.5 Å². The lowest BCUT2D eigenvalue weighted by atomic mass is 10.4. The van der Waals surface area contributed by atoms with E-state index in [0.29, 0.717) is 0 Å². The third-order valence-corrected chi connectivity index (χ3v) is 4.45. The highest BCUT2D eigenvalue weighted by Crippen LogP contribution is 2.23. The zero-order valence-electron chi connectivity index (χ0n) is 9.34. The summed E-state index contributed by atoms with van der Waals surface area (Å²) in [5.41, 5.74) is 0. The lowest BCUT2D eigenvalue weighted by Crippen LogP contribution is -2.31. The average molecular weight is 272 g/mol. The highest BCUT2D eigenvalue weighted by atomic mass is 35.5. The van der Waals surface area contributed by atoms with Gasteiger partial charge in [0, 0.05) is 13.1 Å². The predicted octanol–water partition coefficient (Wildman–Crippen LogP) is 2.70. The Morgan fingerprint density at radius 1 is 1.18 bits per heavy atom. The van der Waals surface area contributed by atoms with Gasteiger partial charge in [-0.15, -0.1) is 13.2 Å². The second-order valence-corrected chi connectivity index (χ2v) is 5.64. The molecule has 0 fully saturated rings. The lowest BCUT2D eigenvalue weighted by Gasteiger charge is -2.19. The fourth-order valence-corrected chi connectivity index (χ4v) is 3.23. The van der Waals surface area contributed by atoms with Gasteiger partial charge in [0.25, 0.3) is 0 Å². The molecule has 3 nitrogen and oxygen atoms in total. The number of halogens is 1. The van der Waals surface area contributed by atoms with E-state index >= 15 is 0 Å². The van der Waals surface area contributed by atoms with Gasteiger partial charge in [-0.3, -0.25) is 0 Å². The molecule has 0 saturated carbocycles. The minimum Gasteiger partial charge on any atom is -0.207 e. The molecule has 0 aliphatic rings. The Morgan fingerprint density at radius 2 is 1.71 bits per heavy atom. The van der Waals surface area contributed by atoms with Crippen LogP contribution in [0.5, 0.6) is 0 Å². The van der Waals surface area contributed by atoms with E-state index in [1.165, 1.54) is 22.5 Å². The molecule has 0 aromatic heterocycles. The molecule has 1 rings (SSSR count). The fourth-order valence-electron chi connectivity index (χ4n) is 1.35. The minimum absolute atomic E-state index is 0.102. The topological polar surface area (TPSA) is 37.4 Å². The zero-order chi connectivity index (χ0) is 12.9. The van der Waals surface area contributed by atoms with Crippen LogP contribution in [-0.4, -0.2) is 25.8 Å². The summed E-state index contributed by atoms with van der Waals surface area (Å²) >= 11 is 5.90. The summed E-state index contributed by atoms with van der Waals surface area (Å²) in [7, 11) is -3.60. The summed E-state index contributed by atoms with van der Waals surface area (Å²) in [5.74, 6) is 0. The molecule has 0 bridgehead atoms. The Morgan fingerprint density at radius 3 is 2.18 bits per heavy atom. The standard InChI is InChI=1S/C12H14ClNO2S/c1-3-9-14(10-4-2)17(15,16)12-8-6-5-7-11(12)13/h3-8H,1-2,9-10H2. The molecule has 0 saturated heterocycles. The molecule has 0 aliphatic heterocycles. The summed E-state index contributed by atoms with van der Waals surface area (Å²) in [5, 5.41) is 0.214. The molecule has 0 unspecified atom stereocenters. The van der Waals surface area contributed by atoms with Crippen molar-refractivity contribution >= 4 is 21.6 Å². The SMILES string of the molecule is C=CCN(CC=C)S(=O)(=O)c1ccccc1Cl. The van der Waals surface area contributed by atoms with Crippen molar-refractivity contribution in [1.29, 1.82) is 0 Å².